The van der Waals surface area contributed by atoms with Gasteiger partial charge in [0, 0.05) is 36.7 Å². The van der Waals surface area contributed by atoms with E-state index in [0.717, 1.165) is 30.0 Å². The molecule has 0 saturated carbocycles. The molecule has 3 heterocycles. The van der Waals surface area contributed by atoms with Crippen LogP contribution >= 0.6 is 0 Å². The fourth-order valence-electron chi connectivity index (χ4n) is 3.59. The van der Waals surface area contributed by atoms with E-state index in [0.29, 0.717) is 0 Å². The second-order valence-corrected chi connectivity index (χ2v) is 6.95. The van der Waals surface area contributed by atoms with Crippen LogP contribution < -0.4 is 5.32 Å². The van der Waals surface area contributed by atoms with Gasteiger partial charge in [-0.1, -0.05) is 24.6 Å². The van der Waals surface area contributed by atoms with E-state index in [9.17, 15) is 0 Å². The number of piperidine rings is 1. The zero-order valence-corrected chi connectivity index (χ0v) is 14.9. The Hall–Kier alpha value is -2.33. The van der Waals surface area contributed by atoms with E-state index in [4.69, 9.17) is 4.98 Å². The van der Waals surface area contributed by atoms with Crippen LogP contribution in [0.1, 0.15) is 24.8 Å². The van der Waals surface area contributed by atoms with Crippen LogP contribution in [0.25, 0.3) is 16.9 Å². The van der Waals surface area contributed by atoms with Crippen molar-refractivity contribution in [2.45, 2.75) is 26.2 Å². The van der Waals surface area contributed by atoms with Gasteiger partial charge in [-0.05, 0) is 56.6 Å². The SMILES string of the molecule is Cc1cccn2cc(-c3ccc(NCCN4CCCCC4)cc3)nc12. The molecule has 0 bridgehead atoms. The molecule has 4 heteroatoms. The highest BCUT2D eigenvalue weighted by atomic mass is 15.1. The maximum Gasteiger partial charge on any atom is 0.140 e. The topological polar surface area (TPSA) is 32.6 Å². The fraction of sp³-hybridized carbons (Fsp3) is 0.381. The minimum atomic E-state index is 1.01. The van der Waals surface area contributed by atoms with Crippen molar-refractivity contribution < 1.29 is 0 Å². The lowest BCUT2D eigenvalue weighted by Crippen LogP contribution is -2.33. The third-order valence-electron chi connectivity index (χ3n) is 5.06. The van der Waals surface area contributed by atoms with Gasteiger partial charge in [-0.25, -0.2) is 4.98 Å². The minimum absolute atomic E-state index is 1.01. The maximum absolute atomic E-state index is 4.77. The first-order chi connectivity index (χ1) is 12.3. The van der Waals surface area contributed by atoms with Crippen LogP contribution in [-0.2, 0) is 0 Å². The van der Waals surface area contributed by atoms with Crippen molar-refractivity contribution in [1.82, 2.24) is 14.3 Å². The Kier molecular flexibility index (Phi) is 4.70. The summed E-state index contributed by atoms with van der Waals surface area (Å²) in [4.78, 5) is 7.33. The number of anilines is 1. The number of aryl methyl sites for hydroxylation is 1. The number of pyridine rings is 1. The molecule has 2 aromatic heterocycles. The Balaban J connectivity index is 1.39. The van der Waals surface area contributed by atoms with Crippen LogP contribution in [0, 0.1) is 6.92 Å². The first kappa shape index (κ1) is 16.2. The molecule has 0 aliphatic carbocycles. The van der Waals surface area contributed by atoms with Gasteiger partial charge in [-0.2, -0.15) is 0 Å². The lowest BCUT2D eigenvalue weighted by atomic mass is 10.1. The summed E-state index contributed by atoms with van der Waals surface area (Å²) < 4.78 is 2.09. The van der Waals surface area contributed by atoms with Crippen molar-refractivity contribution in [1.29, 1.82) is 0 Å². The minimum Gasteiger partial charge on any atom is -0.384 e. The van der Waals surface area contributed by atoms with E-state index in [-0.39, 0.29) is 0 Å². The Bertz CT molecular complexity index is 829. The molecule has 0 atom stereocenters. The Morgan fingerprint density at radius 2 is 1.84 bits per heavy atom. The van der Waals surface area contributed by atoms with Gasteiger partial charge in [0.1, 0.15) is 5.65 Å². The molecule has 1 aliphatic rings. The van der Waals surface area contributed by atoms with Crippen LogP contribution in [0.5, 0.6) is 0 Å². The second-order valence-electron chi connectivity index (χ2n) is 6.95. The van der Waals surface area contributed by atoms with Crippen LogP contribution in [0.15, 0.2) is 48.8 Å². The normalized spacial score (nSPS) is 15.6. The number of hydrogen-bond donors (Lipinski definition) is 1. The molecule has 0 amide bonds. The highest BCUT2D eigenvalue weighted by molar-refractivity contribution is 5.66. The van der Waals surface area contributed by atoms with E-state index >= 15 is 0 Å². The number of nitrogens with zero attached hydrogens (tertiary/aromatic N) is 3. The molecular weight excluding hydrogens is 308 g/mol. The van der Waals surface area contributed by atoms with Crippen molar-refractivity contribution in [3.8, 4) is 11.3 Å². The maximum atomic E-state index is 4.77. The number of likely N-dealkylation sites (tertiary alicyclic amines) is 1. The van der Waals surface area contributed by atoms with E-state index in [1.807, 2.05) is 0 Å². The molecular formula is C21H26N4. The number of fused-ring (bicyclic) bond motifs is 1. The van der Waals surface area contributed by atoms with E-state index < -0.39 is 0 Å². The number of aromatic nitrogens is 2. The van der Waals surface area contributed by atoms with E-state index in [2.05, 4.69) is 70.3 Å². The Labute approximate surface area is 149 Å². The van der Waals surface area contributed by atoms with Gasteiger partial charge in [0.2, 0.25) is 0 Å². The van der Waals surface area contributed by atoms with Gasteiger partial charge in [-0.15, -0.1) is 0 Å². The number of rotatable bonds is 5. The zero-order valence-electron chi connectivity index (χ0n) is 14.9. The summed E-state index contributed by atoms with van der Waals surface area (Å²) in [5.41, 5.74) is 5.59. The third-order valence-corrected chi connectivity index (χ3v) is 5.06. The van der Waals surface area contributed by atoms with Gasteiger partial charge >= 0.3 is 0 Å². The summed E-state index contributed by atoms with van der Waals surface area (Å²) in [6, 6.07) is 12.8. The van der Waals surface area contributed by atoms with Crippen molar-refractivity contribution in [2.75, 3.05) is 31.5 Å². The number of imidazole rings is 1. The Morgan fingerprint density at radius 3 is 2.60 bits per heavy atom. The first-order valence-electron chi connectivity index (χ1n) is 9.30. The lowest BCUT2D eigenvalue weighted by molar-refractivity contribution is 0.237. The molecule has 1 aromatic carbocycles. The van der Waals surface area contributed by atoms with Crippen LogP contribution in [0.3, 0.4) is 0 Å². The average Bonchev–Trinajstić information content (AvgIpc) is 3.09. The highest BCUT2D eigenvalue weighted by Crippen LogP contribution is 2.22. The molecule has 1 saturated heterocycles. The summed E-state index contributed by atoms with van der Waals surface area (Å²) in [6.45, 7) is 6.75. The second kappa shape index (κ2) is 7.28. The van der Waals surface area contributed by atoms with Crippen molar-refractivity contribution in [3.05, 3.63) is 54.4 Å². The van der Waals surface area contributed by atoms with Crippen LogP contribution in [0.2, 0.25) is 0 Å². The van der Waals surface area contributed by atoms with E-state index in [1.54, 1.807) is 0 Å². The predicted molar refractivity (Wildman–Crippen MR) is 104 cm³/mol. The van der Waals surface area contributed by atoms with Crippen molar-refractivity contribution in [2.24, 2.45) is 0 Å². The summed E-state index contributed by atoms with van der Waals surface area (Å²) in [5.74, 6) is 0. The molecule has 1 fully saturated rings. The molecule has 4 rings (SSSR count). The van der Waals surface area contributed by atoms with Gasteiger partial charge in [0.05, 0.1) is 5.69 Å². The summed E-state index contributed by atoms with van der Waals surface area (Å²) >= 11 is 0. The smallest absolute Gasteiger partial charge is 0.140 e. The summed E-state index contributed by atoms with van der Waals surface area (Å²) in [5, 5.41) is 3.54. The molecule has 1 aliphatic heterocycles. The van der Waals surface area contributed by atoms with Crippen LogP contribution in [0.4, 0.5) is 5.69 Å². The average molecular weight is 334 g/mol. The fourth-order valence-corrected chi connectivity index (χ4v) is 3.59. The largest absolute Gasteiger partial charge is 0.384 e. The van der Waals surface area contributed by atoms with Gasteiger partial charge < -0.3 is 14.6 Å². The number of hydrogen-bond acceptors (Lipinski definition) is 3. The molecule has 25 heavy (non-hydrogen) atoms. The molecule has 0 radical (unpaired) electrons. The zero-order chi connectivity index (χ0) is 17.1. The summed E-state index contributed by atoms with van der Waals surface area (Å²) in [7, 11) is 0. The highest BCUT2D eigenvalue weighted by Gasteiger charge is 2.09. The quantitative estimate of drug-likeness (QED) is 0.759. The van der Waals surface area contributed by atoms with Crippen LogP contribution in [-0.4, -0.2) is 40.5 Å². The monoisotopic (exact) mass is 334 g/mol. The summed E-state index contributed by atoms with van der Waals surface area (Å²) in [6.07, 6.45) is 8.25. The lowest BCUT2D eigenvalue weighted by Gasteiger charge is -2.26. The Morgan fingerprint density at radius 1 is 1.04 bits per heavy atom. The molecule has 130 valence electrons. The number of benzene rings is 1. The third kappa shape index (κ3) is 3.69. The molecule has 0 unspecified atom stereocenters. The van der Waals surface area contributed by atoms with E-state index in [1.165, 1.54) is 43.6 Å². The predicted octanol–water partition coefficient (Wildman–Crippen LogP) is 4.21. The number of nitrogens with one attached hydrogen (secondary N) is 1. The van der Waals surface area contributed by atoms with Gasteiger partial charge in [0.15, 0.2) is 0 Å². The molecule has 1 N–H and O–H groups in total. The van der Waals surface area contributed by atoms with Gasteiger partial charge in [0.25, 0.3) is 0 Å². The van der Waals surface area contributed by atoms with Gasteiger partial charge in [-0.3, -0.25) is 0 Å². The van der Waals surface area contributed by atoms with Crippen molar-refractivity contribution in [3.63, 3.8) is 0 Å². The molecule has 4 nitrogen and oxygen atoms in total. The molecule has 3 aromatic rings. The van der Waals surface area contributed by atoms with Crippen molar-refractivity contribution >= 4 is 11.3 Å². The molecule has 0 spiro atoms. The standard InChI is InChI=1S/C21H26N4/c1-17-6-5-14-25-16-20(23-21(17)25)18-7-9-19(10-8-18)22-11-15-24-12-3-2-4-13-24/h5-10,14,16,22H,2-4,11-13,15H2,1H3. The first-order valence-corrected chi connectivity index (χ1v) is 9.30.